The number of hydrogen-bond acceptors (Lipinski definition) is 6. The van der Waals surface area contributed by atoms with Gasteiger partial charge in [-0.2, -0.15) is 0 Å². The molecule has 1 N–H and O–H groups in total. The SMILES string of the molecule is CCOc1ccc(C(=O)O[C@@H](C)C(=O)Nc2ccc(F)c(F)c2F)cc1[N+](=O)[O-]. The van der Waals surface area contributed by atoms with Gasteiger partial charge in [-0.3, -0.25) is 14.9 Å². The first-order valence-electron chi connectivity index (χ1n) is 8.22. The van der Waals surface area contributed by atoms with Crippen LogP contribution in [0, 0.1) is 27.6 Å². The lowest BCUT2D eigenvalue weighted by Gasteiger charge is -2.14. The van der Waals surface area contributed by atoms with Crippen LogP contribution in [0.1, 0.15) is 24.2 Å². The second-order valence-electron chi connectivity index (χ2n) is 5.63. The zero-order chi connectivity index (χ0) is 21.7. The molecule has 0 saturated carbocycles. The highest BCUT2D eigenvalue weighted by atomic mass is 19.2. The van der Waals surface area contributed by atoms with E-state index in [1.165, 1.54) is 12.1 Å². The van der Waals surface area contributed by atoms with E-state index in [1.54, 1.807) is 6.92 Å². The Morgan fingerprint density at radius 1 is 1.17 bits per heavy atom. The number of esters is 1. The van der Waals surface area contributed by atoms with Crippen LogP contribution in [-0.4, -0.2) is 29.5 Å². The summed E-state index contributed by atoms with van der Waals surface area (Å²) >= 11 is 0. The normalized spacial score (nSPS) is 11.5. The second kappa shape index (κ2) is 9.04. The zero-order valence-corrected chi connectivity index (χ0v) is 15.2. The number of nitro benzene ring substituents is 1. The minimum absolute atomic E-state index is 0.0475. The fourth-order valence-electron chi connectivity index (χ4n) is 2.20. The first kappa shape index (κ1) is 21.7. The quantitative estimate of drug-likeness (QED) is 0.322. The molecule has 0 aliphatic carbocycles. The fraction of sp³-hybridized carbons (Fsp3) is 0.222. The number of carbonyl (C=O) groups is 2. The lowest BCUT2D eigenvalue weighted by Crippen LogP contribution is -2.30. The molecule has 1 atom stereocenters. The molecule has 0 aliphatic rings. The largest absolute Gasteiger partial charge is 0.487 e. The van der Waals surface area contributed by atoms with Crippen molar-refractivity contribution in [3.05, 3.63) is 63.5 Å². The first-order valence-corrected chi connectivity index (χ1v) is 8.22. The molecule has 0 fully saturated rings. The number of nitrogens with one attached hydrogen (secondary N) is 1. The molecule has 0 spiro atoms. The van der Waals surface area contributed by atoms with E-state index in [2.05, 4.69) is 0 Å². The molecular formula is C18H15F3N2O6. The van der Waals surface area contributed by atoms with Crippen LogP contribution >= 0.6 is 0 Å². The molecule has 0 bridgehead atoms. The molecule has 8 nitrogen and oxygen atoms in total. The van der Waals surface area contributed by atoms with Gasteiger partial charge in [0.25, 0.3) is 5.91 Å². The Kier molecular flexibility index (Phi) is 6.75. The summed E-state index contributed by atoms with van der Waals surface area (Å²) in [5, 5.41) is 13.1. The van der Waals surface area contributed by atoms with E-state index in [0.29, 0.717) is 6.07 Å². The van der Waals surface area contributed by atoms with Crippen molar-refractivity contribution in [3.8, 4) is 5.75 Å². The van der Waals surface area contributed by atoms with E-state index in [-0.39, 0.29) is 17.9 Å². The van der Waals surface area contributed by atoms with E-state index in [1.807, 2.05) is 5.32 Å². The molecule has 1 amide bonds. The highest BCUT2D eigenvalue weighted by molar-refractivity contribution is 5.97. The molecule has 2 aromatic rings. The number of halogens is 3. The zero-order valence-electron chi connectivity index (χ0n) is 15.2. The number of anilines is 1. The highest BCUT2D eigenvalue weighted by Gasteiger charge is 2.24. The maximum Gasteiger partial charge on any atom is 0.339 e. The van der Waals surface area contributed by atoms with Gasteiger partial charge in [0, 0.05) is 6.07 Å². The van der Waals surface area contributed by atoms with Crippen molar-refractivity contribution in [1.29, 1.82) is 0 Å². The molecule has 11 heteroatoms. The molecule has 0 radical (unpaired) electrons. The highest BCUT2D eigenvalue weighted by Crippen LogP contribution is 2.28. The van der Waals surface area contributed by atoms with Gasteiger partial charge in [0.15, 0.2) is 29.3 Å². The molecule has 2 rings (SSSR count). The van der Waals surface area contributed by atoms with Crippen molar-refractivity contribution in [2.45, 2.75) is 20.0 Å². The van der Waals surface area contributed by atoms with Crippen molar-refractivity contribution in [2.24, 2.45) is 0 Å². The lowest BCUT2D eigenvalue weighted by molar-refractivity contribution is -0.385. The lowest BCUT2D eigenvalue weighted by atomic mass is 10.2. The number of nitrogens with zero attached hydrogens (tertiary/aromatic N) is 1. The van der Waals surface area contributed by atoms with E-state index in [4.69, 9.17) is 9.47 Å². The second-order valence-corrected chi connectivity index (χ2v) is 5.63. The predicted molar refractivity (Wildman–Crippen MR) is 94.1 cm³/mol. The van der Waals surface area contributed by atoms with Gasteiger partial charge in [-0.15, -0.1) is 0 Å². The van der Waals surface area contributed by atoms with Gasteiger partial charge in [-0.25, -0.2) is 18.0 Å². The Morgan fingerprint density at radius 2 is 1.86 bits per heavy atom. The predicted octanol–water partition coefficient (Wildman–Crippen LogP) is 3.59. The summed E-state index contributed by atoms with van der Waals surface area (Å²) in [4.78, 5) is 34.6. The van der Waals surface area contributed by atoms with Crippen LogP contribution in [0.3, 0.4) is 0 Å². The van der Waals surface area contributed by atoms with Gasteiger partial charge in [0.05, 0.1) is 22.8 Å². The Hall–Kier alpha value is -3.63. The Balaban J connectivity index is 2.12. The smallest absolute Gasteiger partial charge is 0.339 e. The Labute approximate surface area is 162 Å². The van der Waals surface area contributed by atoms with Crippen LogP contribution in [0.25, 0.3) is 0 Å². The minimum atomic E-state index is -1.77. The third-order valence-electron chi connectivity index (χ3n) is 3.64. The summed E-state index contributed by atoms with van der Waals surface area (Å²) in [6.07, 6.45) is -1.47. The Morgan fingerprint density at radius 3 is 2.48 bits per heavy atom. The van der Waals surface area contributed by atoms with E-state index in [0.717, 1.165) is 19.1 Å². The molecule has 0 saturated heterocycles. The van der Waals surface area contributed by atoms with Crippen LogP contribution in [0.2, 0.25) is 0 Å². The van der Waals surface area contributed by atoms with Crippen LogP contribution < -0.4 is 10.1 Å². The minimum Gasteiger partial charge on any atom is -0.487 e. The average Bonchev–Trinajstić information content (AvgIpc) is 2.68. The van der Waals surface area contributed by atoms with Gasteiger partial charge in [0.2, 0.25) is 0 Å². The number of nitro groups is 1. The number of ether oxygens (including phenoxy) is 2. The molecule has 29 heavy (non-hydrogen) atoms. The van der Waals surface area contributed by atoms with E-state index in [9.17, 15) is 32.9 Å². The van der Waals surface area contributed by atoms with Crippen LogP contribution in [0.15, 0.2) is 30.3 Å². The van der Waals surface area contributed by atoms with Gasteiger partial charge < -0.3 is 14.8 Å². The molecule has 154 valence electrons. The third kappa shape index (κ3) is 5.00. The number of rotatable bonds is 7. The van der Waals surface area contributed by atoms with Crippen molar-refractivity contribution >= 4 is 23.3 Å². The van der Waals surface area contributed by atoms with E-state index >= 15 is 0 Å². The summed E-state index contributed by atoms with van der Waals surface area (Å²) in [5.74, 6) is -6.95. The molecule has 0 aliphatic heterocycles. The summed E-state index contributed by atoms with van der Waals surface area (Å²) in [6, 6.07) is 4.76. The molecule has 0 aromatic heterocycles. The topological polar surface area (TPSA) is 108 Å². The van der Waals surface area contributed by atoms with Crippen LogP contribution in [-0.2, 0) is 9.53 Å². The summed E-state index contributed by atoms with van der Waals surface area (Å²) in [6.45, 7) is 2.94. The summed E-state index contributed by atoms with van der Waals surface area (Å²) in [7, 11) is 0. The van der Waals surface area contributed by atoms with Gasteiger partial charge in [-0.05, 0) is 38.1 Å². The molecule has 2 aromatic carbocycles. The maximum absolute atomic E-state index is 13.6. The van der Waals surface area contributed by atoms with Crippen molar-refractivity contribution in [3.63, 3.8) is 0 Å². The number of hydrogen-bond donors (Lipinski definition) is 1. The maximum atomic E-state index is 13.6. The van der Waals surface area contributed by atoms with Gasteiger partial charge in [0.1, 0.15) is 0 Å². The van der Waals surface area contributed by atoms with Crippen molar-refractivity contribution in [1.82, 2.24) is 0 Å². The fourth-order valence-corrected chi connectivity index (χ4v) is 2.20. The number of amides is 1. The van der Waals surface area contributed by atoms with Crippen LogP contribution in [0.4, 0.5) is 24.5 Å². The van der Waals surface area contributed by atoms with Crippen LogP contribution in [0.5, 0.6) is 5.75 Å². The standard InChI is InChI=1S/C18H15F3N2O6/c1-3-28-14-7-4-10(8-13(14)23(26)27)18(25)29-9(2)17(24)22-12-6-5-11(19)15(20)16(12)21/h4-9H,3H2,1-2H3,(H,22,24)/t9-/m0/s1. The molecule has 0 unspecified atom stereocenters. The van der Waals surface area contributed by atoms with Gasteiger partial charge >= 0.3 is 11.7 Å². The van der Waals surface area contributed by atoms with E-state index < -0.39 is 51.7 Å². The monoisotopic (exact) mass is 412 g/mol. The first-order chi connectivity index (χ1) is 13.6. The van der Waals surface area contributed by atoms with Crippen molar-refractivity contribution < 1.29 is 37.2 Å². The molecule has 0 heterocycles. The third-order valence-corrected chi connectivity index (χ3v) is 3.64. The summed E-state index contributed by atoms with van der Waals surface area (Å²) in [5.41, 5.74) is -1.34. The number of carbonyl (C=O) groups excluding carboxylic acids is 2. The average molecular weight is 412 g/mol. The number of benzene rings is 2. The Bertz CT molecular complexity index is 967. The molecular weight excluding hydrogens is 397 g/mol. The summed E-state index contributed by atoms with van der Waals surface area (Å²) < 4.78 is 49.8. The van der Waals surface area contributed by atoms with Gasteiger partial charge in [-0.1, -0.05) is 0 Å². The van der Waals surface area contributed by atoms with Crippen molar-refractivity contribution in [2.75, 3.05) is 11.9 Å².